The van der Waals surface area contributed by atoms with Gasteiger partial charge in [-0.1, -0.05) is 0 Å². The number of hydrogen-bond acceptors (Lipinski definition) is 3. The van der Waals surface area contributed by atoms with Crippen LogP contribution < -0.4 is 5.32 Å². The highest BCUT2D eigenvalue weighted by atomic mass is 16.6. The standard InChI is InChI=1S/C14H25NO3/c1-13(2,3)18-12(17)15-14(4,5)9-8-11(16)10-6-7-10/h10H,6-9H2,1-5H3,(H,15,17). The van der Waals surface area contributed by atoms with E-state index >= 15 is 0 Å². The van der Waals surface area contributed by atoms with Crippen molar-refractivity contribution in [2.45, 2.75) is 71.4 Å². The second-order valence-corrected chi connectivity index (χ2v) is 6.75. The van der Waals surface area contributed by atoms with Crippen LogP contribution in [0.3, 0.4) is 0 Å². The Kier molecular flexibility index (Phi) is 4.41. The van der Waals surface area contributed by atoms with Gasteiger partial charge in [-0.25, -0.2) is 4.79 Å². The van der Waals surface area contributed by atoms with Gasteiger partial charge in [-0.05, 0) is 53.9 Å². The number of ketones is 1. The van der Waals surface area contributed by atoms with Crippen molar-refractivity contribution in [3.8, 4) is 0 Å². The van der Waals surface area contributed by atoms with Gasteiger partial charge in [-0.3, -0.25) is 4.79 Å². The lowest BCUT2D eigenvalue weighted by atomic mass is 9.96. The second kappa shape index (κ2) is 5.29. The van der Waals surface area contributed by atoms with Crippen molar-refractivity contribution < 1.29 is 14.3 Å². The maximum atomic E-state index is 11.6. The van der Waals surface area contributed by atoms with Crippen molar-refractivity contribution in [3.63, 3.8) is 0 Å². The minimum Gasteiger partial charge on any atom is -0.444 e. The van der Waals surface area contributed by atoms with Gasteiger partial charge < -0.3 is 10.1 Å². The molecule has 18 heavy (non-hydrogen) atoms. The number of alkyl carbamates (subject to hydrolysis) is 1. The summed E-state index contributed by atoms with van der Waals surface area (Å²) in [6.07, 6.45) is 2.85. The lowest BCUT2D eigenvalue weighted by molar-refractivity contribution is -0.120. The van der Waals surface area contributed by atoms with Crippen molar-refractivity contribution in [3.05, 3.63) is 0 Å². The van der Waals surface area contributed by atoms with E-state index in [1.165, 1.54) is 0 Å². The zero-order valence-electron chi connectivity index (χ0n) is 12.1. The fourth-order valence-corrected chi connectivity index (χ4v) is 1.69. The number of Topliss-reactive ketones (excluding diaryl/α,β-unsaturated/α-hetero) is 1. The molecule has 0 aromatic carbocycles. The molecule has 1 saturated carbocycles. The normalized spacial score (nSPS) is 16.3. The van der Waals surface area contributed by atoms with Gasteiger partial charge >= 0.3 is 6.09 Å². The summed E-state index contributed by atoms with van der Waals surface area (Å²) in [6.45, 7) is 9.32. The molecule has 4 heteroatoms. The van der Waals surface area contributed by atoms with Crippen LogP contribution >= 0.6 is 0 Å². The average molecular weight is 255 g/mol. The predicted octanol–water partition coefficient (Wildman–Crippen LogP) is 3.05. The Labute approximate surface area is 109 Å². The highest BCUT2D eigenvalue weighted by Gasteiger charge is 2.31. The third-order valence-electron chi connectivity index (χ3n) is 2.87. The molecule has 0 unspecified atom stereocenters. The summed E-state index contributed by atoms with van der Waals surface area (Å²) >= 11 is 0. The predicted molar refractivity (Wildman–Crippen MR) is 70.4 cm³/mol. The molecule has 0 aromatic heterocycles. The van der Waals surface area contributed by atoms with Crippen LogP contribution in [0.15, 0.2) is 0 Å². The molecular weight excluding hydrogens is 230 g/mol. The van der Waals surface area contributed by atoms with E-state index < -0.39 is 17.2 Å². The van der Waals surface area contributed by atoms with Crippen molar-refractivity contribution in [1.29, 1.82) is 0 Å². The van der Waals surface area contributed by atoms with Crippen LogP contribution in [0.5, 0.6) is 0 Å². The Morgan fingerprint density at radius 2 is 1.72 bits per heavy atom. The number of amides is 1. The Balaban J connectivity index is 2.33. The van der Waals surface area contributed by atoms with E-state index in [0.717, 1.165) is 12.8 Å². The van der Waals surface area contributed by atoms with E-state index in [2.05, 4.69) is 5.32 Å². The second-order valence-electron chi connectivity index (χ2n) is 6.75. The van der Waals surface area contributed by atoms with Crippen molar-refractivity contribution in [2.24, 2.45) is 5.92 Å². The number of rotatable bonds is 5. The molecule has 1 fully saturated rings. The molecule has 1 aliphatic carbocycles. The van der Waals surface area contributed by atoms with Crippen LogP contribution in [0.4, 0.5) is 4.79 Å². The van der Waals surface area contributed by atoms with Gasteiger partial charge in [0.05, 0.1) is 0 Å². The smallest absolute Gasteiger partial charge is 0.408 e. The van der Waals surface area contributed by atoms with Crippen LogP contribution in [-0.2, 0) is 9.53 Å². The van der Waals surface area contributed by atoms with Crippen molar-refractivity contribution >= 4 is 11.9 Å². The first-order valence-electron chi connectivity index (χ1n) is 6.63. The Morgan fingerprint density at radius 1 is 1.17 bits per heavy atom. The molecule has 1 N–H and O–H groups in total. The zero-order valence-corrected chi connectivity index (χ0v) is 12.1. The fraction of sp³-hybridized carbons (Fsp3) is 0.857. The topological polar surface area (TPSA) is 55.4 Å². The Bertz CT molecular complexity index is 324. The molecule has 0 aliphatic heterocycles. The molecule has 1 rings (SSSR count). The molecule has 0 radical (unpaired) electrons. The van der Waals surface area contributed by atoms with E-state index in [4.69, 9.17) is 4.74 Å². The first-order valence-corrected chi connectivity index (χ1v) is 6.63. The summed E-state index contributed by atoms with van der Waals surface area (Å²) in [4.78, 5) is 23.3. The van der Waals surface area contributed by atoms with Crippen LogP contribution in [0.1, 0.15) is 60.3 Å². The molecule has 0 heterocycles. The number of nitrogens with one attached hydrogen (secondary N) is 1. The molecule has 4 nitrogen and oxygen atoms in total. The van der Waals surface area contributed by atoms with Crippen LogP contribution in [-0.4, -0.2) is 23.0 Å². The Morgan fingerprint density at radius 3 is 2.17 bits per heavy atom. The molecule has 0 bridgehead atoms. The number of carbonyl (C=O) groups excluding carboxylic acids is 2. The fourth-order valence-electron chi connectivity index (χ4n) is 1.69. The summed E-state index contributed by atoms with van der Waals surface area (Å²) in [5.74, 6) is 0.622. The first-order chi connectivity index (χ1) is 8.09. The van der Waals surface area contributed by atoms with E-state index in [9.17, 15) is 9.59 Å². The zero-order chi connectivity index (χ0) is 14.0. The molecule has 0 aromatic rings. The van der Waals surface area contributed by atoms with Crippen molar-refractivity contribution in [1.82, 2.24) is 5.32 Å². The highest BCUT2D eigenvalue weighted by molar-refractivity contribution is 5.83. The minimum atomic E-state index is -0.496. The van der Waals surface area contributed by atoms with E-state index in [1.54, 1.807) is 0 Å². The van der Waals surface area contributed by atoms with Crippen LogP contribution in [0.25, 0.3) is 0 Å². The molecule has 0 spiro atoms. The van der Waals surface area contributed by atoms with Gasteiger partial charge in [0.15, 0.2) is 0 Å². The highest BCUT2D eigenvalue weighted by Crippen LogP contribution is 2.32. The monoisotopic (exact) mass is 255 g/mol. The summed E-state index contributed by atoms with van der Waals surface area (Å²) in [5.41, 5.74) is -0.906. The maximum Gasteiger partial charge on any atom is 0.408 e. The lowest BCUT2D eigenvalue weighted by Gasteiger charge is -2.28. The van der Waals surface area contributed by atoms with E-state index in [1.807, 2.05) is 34.6 Å². The summed E-state index contributed by atoms with van der Waals surface area (Å²) < 4.78 is 5.21. The van der Waals surface area contributed by atoms with Gasteiger partial charge in [-0.2, -0.15) is 0 Å². The third kappa shape index (κ3) is 6.03. The SMILES string of the molecule is CC(C)(CCC(=O)C1CC1)NC(=O)OC(C)(C)C. The van der Waals surface area contributed by atoms with Gasteiger partial charge in [0.25, 0.3) is 0 Å². The van der Waals surface area contributed by atoms with Crippen molar-refractivity contribution in [2.75, 3.05) is 0 Å². The minimum absolute atomic E-state index is 0.294. The number of ether oxygens (including phenoxy) is 1. The summed E-state index contributed by atoms with van der Waals surface area (Å²) in [7, 11) is 0. The van der Waals surface area contributed by atoms with Gasteiger partial charge in [0, 0.05) is 17.9 Å². The first kappa shape index (κ1) is 15.0. The van der Waals surface area contributed by atoms with Crippen LogP contribution in [0, 0.1) is 5.92 Å². The lowest BCUT2D eigenvalue weighted by Crippen LogP contribution is -2.46. The van der Waals surface area contributed by atoms with Gasteiger partial charge in [-0.15, -0.1) is 0 Å². The van der Waals surface area contributed by atoms with Gasteiger partial charge in [0.1, 0.15) is 11.4 Å². The molecule has 0 atom stereocenters. The molecule has 0 saturated heterocycles. The third-order valence-corrected chi connectivity index (χ3v) is 2.87. The molecule has 1 aliphatic rings. The molecule has 1 amide bonds. The largest absolute Gasteiger partial charge is 0.444 e. The van der Waals surface area contributed by atoms with E-state index in [0.29, 0.717) is 24.5 Å². The quantitative estimate of drug-likeness (QED) is 0.821. The Hall–Kier alpha value is -1.06. The van der Waals surface area contributed by atoms with E-state index in [-0.39, 0.29) is 0 Å². The molecule has 104 valence electrons. The maximum absolute atomic E-state index is 11.6. The molecular formula is C14H25NO3. The summed E-state index contributed by atoms with van der Waals surface area (Å²) in [6, 6.07) is 0. The van der Waals surface area contributed by atoms with Gasteiger partial charge in [0.2, 0.25) is 0 Å². The van der Waals surface area contributed by atoms with Crippen LogP contribution in [0.2, 0.25) is 0 Å². The average Bonchev–Trinajstić information content (AvgIpc) is 2.92. The summed E-state index contributed by atoms with van der Waals surface area (Å²) in [5, 5.41) is 2.81. The number of carbonyl (C=O) groups is 2. The number of hydrogen-bond donors (Lipinski definition) is 1.